The van der Waals surface area contributed by atoms with Gasteiger partial charge in [0, 0.05) is 36.8 Å². The lowest BCUT2D eigenvalue weighted by atomic mass is 9.96. The number of rotatable bonds is 10. The van der Waals surface area contributed by atoms with E-state index in [1.54, 1.807) is 69.3 Å². The maximum atomic E-state index is 12.3. The number of hydrogen-bond donors (Lipinski definition) is 1. The summed E-state index contributed by atoms with van der Waals surface area (Å²) >= 11 is 24.7. The van der Waals surface area contributed by atoms with Crippen molar-refractivity contribution < 1.29 is 43.2 Å². The number of methoxy groups -OCH3 is 2. The molecule has 5 rings (SSSR count). The molecule has 280 valence electrons. The maximum absolute atomic E-state index is 12.3. The fraction of sp³-hybridized carbons (Fsp3) is 0.275. The van der Waals surface area contributed by atoms with Gasteiger partial charge in [-0.15, -0.1) is 0 Å². The van der Waals surface area contributed by atoms with E-state index >= 15 is 0 Å². The maximum Gasteiger partial charge on any atom is 0.349 e. The molecule has 0 aliphatic carbocycles. The van der Waals surface area contributed by atoms with Crippen LogP contribution >= 0.6 is 46.4 Å². The van der Waals surface area contributed by atoms with Crippen molar-refractivity contribution in [1.29, 1.82) is 0 Å². The highest BCUT2D eigenvalue weighted by Crippen LogP contribution is 2.43. The summed E-state index contributed by atoms with van der Waals surface area (Å²) in [7, 11) is 3.06. The molecule has 0 saturated heterocycles. The van der Waals surface area contributed by atoms with Crippen LogP contribution in [0.4, 0.5) is 0 Å². The Morgan fingerprint density at radius 3 is 1.72 bits per heavy atom. The minimum atomic E-state index is -1.38. The second-order valence-electron chi connectivity index (χ2n) is 12.7. The van der Waals surface area contributed by atoms with Crippen molar-refractivity contribution in [3.05, 3.63) is 110 Å². The smallest absolute Gasteiger partial charge is 0.349 e. The summed E-state index contributed by atoms with van der Waals surface area (Å²) in [5.74, 6) is -0.906. The third-order valence-electron chi connectivity index (χ3n) is 8.07. The lowest BCUT2D eigenvalue weighted by Gasteiger charge is -2.23. The summed E-state index contributed by atoms with van der Waals surface area (Å²) in [5, 5.41) is 12.3. The highest BCUT2D eigenvalue weighted by atomic mass is 35.5. The molecule has 0 saturated carbocycles. The number of ether oxygens (including phenoxy) is 5. The van der Waals surface area contributed by atoms with Gasteiger partial charge in [-0.25, -0.2) is 9.59 Å². The molecule has 0 fully saturated rings. The summed E-state index contributed by atoms with van der Waals surface area (Å²) in [4.78, 5) is 36.4. The molecule has 0 spiro atoms. The number of carbonyl (C=O) groups is 3. The van der Waals surface area contributed by atoms with Crippen LogP contribution in [-0.4, -0.2) is 55.0 Å². The number of carbonyl (C=O) groups excluding carboxylic acids is 3. The van der Waals surface area contributed by atoms with Crippen LogP contribution in [-0.2, 0) is 35.0 Å². The van der Waals surface area contributed by atoms with Crippen molar-refractivity contribution in [2.45, 2.75) is 52.2 Å². The third kappa shape index (κ3) is 9.78. The largest absolute Gasteiger partial charge is 0.507 e. The van der Waals surface area contributed by atoms with E-state index in [2.05, 4.69) is 0 Å². The number of benzene rings is 4. The number of aliphatic hydroxyl groups excluding tert-OH is 1. The van der Waals surface area contributed by atoms with E-state index in [1.807, 2.05) is 24.3 Å². The first-order valence-electron chi connectivity index (χ1n) is 16.2. The zero-order valence-corrected chi connectivity index (χ0v) is 33.1. The molecule has 1 aliphatic heterocycles. The second-order valence-corrected chi connectivity index (χ2v) is 14.4. The van der Waals surface area contributed by atoms with Crippen molar-refractivity contribution in [1.82, 2.24) is 0 Å². The molecule has 0 radical (unpaired) electrons. The number of esters is 3. The Balaban J connectivity index is 0.000000238. The van der Waals surface area contributed by atoms with Crippen molar-refractivity contribution in [3.8, 4) is 33.8 Å². The molecule has 0 aromatic heterocycles. The summed E-state index contributed by atoms with van der Waals surface area (Å²) in [6.45, 7) is 8.07. The second kappa shape index (κ2) is 17.2. The van der Waals surface area contributed by atoms with Gasteiger partial charge in [-0.3, -0.25) is 4.79 Å². The predicted octanol–water partition coefficient (Wildman–Crippen LogP) is 10.4. The van der Waals surface area contributed by atoms with Gasteiger partial charge in [0.2, 0.25) is 5.60 Å². The molecule has 4 aromatic rings. The highest BCUT2D eigenvalue weighted by Gasteiger charge is 2.42. The Kier molecular flexibility index (Phi) is 13.4. The SMILES string of the molecule is CCOC(=O)C(C)(C)OC(=O)Cc1cc(OC)c(-c2ccc(Cl)cc2)cc1Cl.COc1cc(C2=C(O)C(C)(C)OC2=O)c(Cl)cc1-c1ccc(Cl)cc1. The van der Waals surface area contributed by atoms with Crippen molar-refractivity contribution in [3.63, 3.8) is 0 Å². The Bertz CT molecular complexity index is 2040. The number of aliphatic hydroxyl groups is 1. The Morgan fingerprint density at radius 1 is 0.774 bits per heavy atom. The molecular weight excluding hydrogens is 766 g/mol. The fourth-order valence-corrected chi connectivity index (χ4v) is 6.05. The van der Waals surface area contributed by atoms with Crippen molar-refractivity contribution in [2.24, 2.45) is 0 Å². The van der Waals surface area contributed by atoms with E-state index in [-0.39, 0.29) is 24.4 Å². The minimum absolute atomic E-state index is 0.0518. The Hall–Kier alpha value is -4.41. The van der Waals surface area contributed by atoms with Crippen LogP contribution in [0.1, 0.15) is 45.7 Å². The summed E-state index contributed by atoms with van der Waals surface area (Å²) in [6, 6.07) is 21.2. The van der Waals surface area contributed by atoms with E-state index in [9.17, 15) is 19.5 Å². The normalized spacial score (nSPS) is 13.5. The van der Waals surface area contributed by atoms with Gasteiger partial charge in [0.05, 0.1) is 27.2 Å². The van der Waals surface area contributed by atoms with Crippen LogP contribution in [0.25, 0.3) is 27.8 Å². The molecule has 53 heavy (non-hydrogen) atoms. The van der Waals surface area contributed by atoms with E-state index in [0.29, 0.717) is 42.7 Å². The zero-order chi connectivity index (χ0) is 39.2. The molecule has 0 unspecified atom stereocenters. The molecule has 0 amide bonds. The summed E-state index contributed by atoms with van der Waals surface area (Å²) < 4.78 is 26.3. The van der Waals surface area contributed by atoms with Gasteiger partial charge in [0.25, 0.3) is 0 Å². The molecule has 4 aromatic carbocycles. The number of halogens is 4. The van der Waals surface area contributed by atoms with Gasteiger partial charge in [-0.2, -0.15) is 0 Å². The monoisotopic (exact) mass is 802 g/mol. The van der Waals surface area contributed by atoms with Crippen LogP contribution in [0.5, 0.6) is 11.5 Å². The summed E-state index contributed by atoms with van der Waals surface area (Å²) in [5.41, 5.74) is 1.74. The van der Waals surface area contributed by atoms with Crippen molar-refractivity contribution in [2.75, 3.05) is 20.8 Å². The fourth-order valence-electron chi connectivity index (χ4n) is 5.31. The number of hydrogen-bond acceptors (Lipinski definition) is 9. The third-order valence-corrected chi connectivity index (χ3v) is 9.24. The topological polar surface area (TPSA) is 118 Å². The predicted molar refractivity (Wildman–Crippen MR) is 207 cm³/mol. The quantitative estimate of drug-likeness (QED) is 0.123. The molecule has 1 heterocycles. The first kappa shape index (κ1) is 41.3. The van der Waals surface area contributed by atoms with Gasteiger partial charge >= 0.3 is 17.9 Å². The highest BCUT2D eigenvalue weighted by molar-refractivity contribution is 6.35. The average molecular weight is 805 g/mol. The van der Waals surface area contributed by atoms with E-state index in [0.717, 1.165) is 22.3 Å². The van der Waals surface area contributed by atoms with Gasteiger partial charge in [-0.05, 0) is 99.8 Å². The minimum Gasteiger partial charge on any atom is -0.507 e. The van der Waals surface area contributed by atoms with Gasteiger partial charge in [-0.1, -0.05) is 70.7 Å². The average Bonchev–Trinajstić information content (AvgIpc) is 3.31. The molecular formula is C40H38Cl4O9. The number of cyclic esters (lactones) is 1. The van der Waals surface area contributed by atoms with Gasteiger partial charge in [0.1, 0.15) is 17.1 Å². The standard InChI is InChI=1S/C21H22Cl2O5.C19H16Cl2O4/c1-5-27-20(25)21(2,3)28-19(24)11-14-10-18(26-4)16(12-17(14)23)13-6-8-15(22)9-7-13;1-19(2)17(22)16(18(23)25-19)13-9-15(24-3)12(8-14(13)21)10-4-6-11(20)7-5-10/h6-10,12H,5,11H2,1-4H3;4-9,22H,1-3H3. The molecule has 13 heteroatoms. The van der Waals surface area contributed by atoms with Gasteiger partial charge in [0.15, 0.2) is 11.4 Å². The Morgan fingerprint density at radius 2 is 1.26 bits per heavy atom. The van der Waals surface area contributed by atoms with E-state index in [1.165, 1.54) is 28.1 Å². The van der Waals surface area contributed by atoms with Gasteiger partial charge < -0.3 is 28.8 Å². The zero-order valence-electron chi connectivity index (χ0n) is 30.1. The molecule has 9 nitrogen and oxygen atoms in total. The van der Waals surface area contributed by atoms with Crippen LogP contribution < -0.4 is 9.47 Å². The van der Waals surface area contributed by atoms with Crippen LogP contribution in [0.2, 0.25) is 20.1 Å². The lowest BCUT2D eigenvalue weighted by molar-refractivity contribution is -0.177. The van der Waals surface area contributed by atoms with Crippen LogP contribution in [0.15, 0.2) is 78.6 Å². The first-order valence-corrected chi connectivity index (χ1v) is 17.8. The van der Waals surface area contributed by atoms with Crippen LogP contribution in [0.3, 0.4) is 0 Å². The lowest BCUT2D eigenvalue weighted by Crippen LogP contribution is -2.39. The molecule has 0 bridgehead atoms. The molecule has 0 atom stereocenters. The summed E-state index contributed by atoms with van der Waals surface area (Å²) in [6.07, 6.45) is -0.112. The van der Waals surface area contributed by atoms with Crippen molar-refractivity contribution >= 4 is 69.9 Å². The molecule has 1 N–H and O–H groups in total. The molecule has 1 aliphatic rings. The van der Waals surface area contributed by atoms with E-state index < -0.39 is 29.1 Å². The Labute approximate surface area is 328 Å². The van der Waals surface area contributed by atoms with E-state index in [4.69, 9.17) is 70.1 Å². The first-order chi connectivity index (χ1) is 24.9. The van der Waals surface area contributed by atoms with Crippen LogP contribution in [0, 0.1) is 0 Å².